The third-order valence-electron chi connectivity index (χ3n) is 5.05. The number of pyridine rings is 1. The van der Waals surface area contributed by atoms with E-state index in [2.05, 4.69) is 15.2 Å². The lowest BCUT2D eigenvalue weighted by Gasteiger charge is -2.07. The van der Waals surface area contributed by atoms with E-state index in [0.29, 0.717) is 16.8 Å². The van der Waals surface area contributed by atoms with Crippen molar-refractivity contribution in [2.75, 3.05) is 5.84 Å². The Morgan fingerprint density at radius 1 is 1.10 bits per heavy atom. The molecule has 0 atom stereocenters. The van der Waals surface area contributed by atoms with Gasteiger partial charge in [0.05, 0.1) is 4.88 Å². The average Bonchev–Trinajstić information content (AvgIpc) is 3.54. The molecule has 0 amide bonds. The molecule has 0 aliphatic heterocycles. The van der Waals surface area contributed by atoms with E-state index in [9.17, 15) is 0 Å². The number of nitrogens with two attached hydrogens (primary N) is 1. The van der Waals surface area contributed by atoms with Gasteiger partial charge < -0.3 is 5.84 Å². The van der Waals surface area contributed by atoms with Crippen LogP contribution in [0.5, 0.6) is 0 Å². The van der Waals surface area contributed by atoms with Gasteiger partial charge in [-0.3, -0.25) is 4.98 Å². The highest BCUT2D eigenvalue weighted by molar-refractivity contribution is 7.99. The number of fused-ring (bicyclic) bond motifs is 3. The Morgan fingerprint density at radius 3 is 2.90 bits per heavy atom. The molecule has 0 saturated carbocycles. The first-order valence-electron chi connectivity index (χ1n) is 9.43. The van der Waals surface area contributed by atoms with E-state index in [4.69, 9.17) is 15.8 Å². The summed E-state index contributed by atoms with van der Waals surface area (Å²) in [5, 5.41) is 13.2. The number of hydrogen-bond acceptors (Lipinski definition) is 9. The first kappa shape index (κ1) is 18.0. The Morgan fingerprint density at radius 2 is 2.07 bits per heavy atom. The molecule has 7 nitrogen and oxygen atoms in total. The van der Waals surface area contributed by atoms with Crippen LogP contribution in [0.3, 0.4) is 0 Å². The van der Waals surface area contributed by atoms with E-state index in [-0.39, 0.29) is 0 Å². The van der Waals surface area contributed by atoms with Gasteiger partial charge in [0.2, 0.25) is 5.16 Å². The minimum absolute atomic E-state index is 0.605. The molecule has 0 spiro atoms. The molecule has 2 N–H and O–H groups in total. The van der Waals surface area contributed by atoms with Crippen molar-refractivity contribution in [1.29, 1.82) is 0 Å². The van der Waals surface area contributed by atoms with Gasteiger partial charge in [0, 0.05) is 28.2 Å². The lowest BCUT2D eigenvalue weighted by Crippen LogP contribution is -2.11. The smallest absolute Gasteiger partial charge is 0.216 e. The molecule has 0 radical (unpaired) electrons. The van der Waals surface area contributed by atoms with Gasteiger partial charge in [0.25, 0.3) is 0 Å². The summed E-state index contributed by atoms with van der Waals surface area (Å²) < 4.78 is 1.54. The molecule has 0 unspecified atom stereocenters. The lowest BCUT2D eigenvalue weighted by atomic mass is 10.2. The largest absolute Gasteiger partial charge is 0.335 e. The highest BCUT2D eigenvalue weighted by Gasteiger charge is 2.24. The van der Waals surface area contributed by atoms with Gasteiger partial charge >= 0.3 is 0 Å². The van der Waals surface area contributed by atoms with Crippen molar-refractivity contribution in [2.24, 2.45) is 0 Å². The number of nitrogen functional groups attached to an aromatic ring is 1. The predicted octanol–water partition coefficient (Wildman–Crippen LogP) is 4.43. The molecule has 1 aliphatic carbocycles. The fourth-order valence-corrected chi connectivity index (χ4v) is 6.59. The lowest BCUT2D eigenvalue weighted by molar-refractivity contribution is 0.848. The van der Waals surface area contributed by atoms with Crippen molar-refractivity contribution in [3.05, 3.63) is 52.5 Å². The molecule has 1 aliphatic rings. The summed E-state index contributed by atoms with van der Waals surface area (Å²) in [6.45, 7) is 0. The fourth-order valence-electron chi connectivity index (χ4n) is 3.67. The monoisotopic (exact) mass is 449 g/mol. The average molecular weight is 450 g/mol. The quantitative estimate of drug-likeness (QED) is 0.320. The van der Waals surface area contributed by atoms with Crippen LogP contribution in [-0.2, 0) is 12.8 Å². The highest BCUT2D eigenvalue weighted by atomic mass is 32.2. The van der Waals surface area contributed by atoms with Gasteiger partial charge in [-0.1, -0.05) is 6.07 Å². The molecule has 5 heterocycles. The van der Waals surface area contributed by atoms with Crippen LogP contribution in [-0.4, -0.2) is 29.8 Å². The van der Waals surface area contributed by atoms with Crippen molar-refractivity contribution in [3.8, 4) is 22.1 Å². The van der Waals surface area contributed by atoms with Crippen molar-refractivity contribution >= 4 is 44.7 Å². The van der Waals surface area contributed by atoms with Crippen molar-refractivity contribution < 1.29 is 0 Å². The molecular formula is C20H15N7S3. The maximum Gasteiger partial charge on any atom is 0.216 e. The van der Waals surface area contributed by atoms with E-state index in [1.807, 2.05) is 29.6 Å². The molecule has 0 bridgehead atoms. The molecule has 0 aromatic carbocycles. The number of hydrogen-bond donors (Lipinski definition) is 1. The summed E-state index contributed by atoms with van der Waals surface area (Å²) in [5.41, 5.74) is 2.26. The van der Waals surface area contributed by atoms with E-state index in [1.165, 1.54) is 28.6 Å². The van der Waals surface area contributed by atoms with E-state index in [1.54, 1.807) is 39.7 Å². The van der Waals surface area contributed by atoms with Crippen molar-refractivity contribution in [2.45, 2.75) is 29.4 Å². The minimum atomic E-state index is 0.605. The summed E-state index contributed by atoms with van der Waals surface area (Å²) in [4.78, 5) is 17.4. The minimum Gasteiger partial charge on any atom is -0.335 e. The number of thiophene rings is 2. The van der Waals surface area contributed by atoms with Crippen molar-refractivity contribution in [1.82, 2.24) is 29.8 Å². The molecular weight excluding hydrogens is 434 g/mol. The Hall–Kier alpha value is -2.82. The van der Waals surface area contributed by atoms with Crippen LogP contribution < -0.4 is 5.84 Å². The molecule has 0 fully saturated rings. The van der Waals surface area contributed by atoms with Crippen LogP contribution in [0.25, 0.3) is 32.3 Å². The third kappa shape index (κ3) is 2.91. The zero-order chi connectivity index (χ0) is 20.1. The van der Waals surface area contributed by atoms with Gasteiger partial charge in [-0.25, -0.2) is 14.6 Å². The third-order valence-corrected chi connectivity index (χ3v) is 8.05. The first-order valence-corrected chi connectivity index (χ1v) is 11.9. The molecule has 148 valence electrons. The summed E-state index contributed by atoms with van der Waals surface area (Å²) >= 11 is 4.80. The topological polar surface area (TPSA) is 95.4 Å². The van der Waals surface area contributed by atoms with Crippen LogP contribution in [0, 0.1) is 0 Å². The molecule has 6 rings (SSSR count). The second kappa shape index (κ2) is 7.15. The molecule has 5 aromatic heterocycles. The summed E-state index contributed by atoms with van der Waals surface area (Å²) in [6.07, 6.45) is 6.89. The normalized spacial score (nSPS) is 13.2. The summed E-state index contributed by atoms with van der Waals surface area (Å²) in [7, 11) is 0. The highest BCUT2D eigenvalue weighted by Crippen LogP contribution is 2.43. The Bertz CT molecular complexity index is 1360. The van der Waals surface area contributed by atoms with Crippen LogP contribution in [0.2, 0.25) is 0 Å². The zero-order valence-electron chi connectivity index (χ0n) is 15.6. The summed E-state index contributed by atoms with van der Waals surface area (Å²) in [5.74, 6) is 7.67. The van der Waals surface area contributed by atoms with E-state index >= 15 is 0 Å². The van der Waals surface area contributed by atoms with Crippen LogP contribution in [0.15, 0.2) is 52.2 Å². The SMILES string of the molecule is Nn1c(Sc2nc(-c3cccnc3)nc3sc4c(c23)CCC4)nnc1-c1cccs1. The predicted molar refractivity (Wildman–Crippen MR) is 120 cm³/mol. The molecule has 5 aromatic rings. The van der Waals surface area contributed by atoms with Gasteiger partial charge in [0.15, 0.2) is 11.6 Å². The van der Waals surface area contributed by atoms with Gasteiger partial charge in [-0.05, 0) is 60.2 Å². The zero-order valence-corrected chi connectivity index (χ0v) is 18.1. The van der Waals surface area contributed by atoms with Crippen LogP contribution >= 0.6 is 34.4 Å². The maximum atomic E-state index is 6.35. The van der Waals surface area contributed by atoms with Crippen LogP contribution in [0.4, 0.5) is 0 Å². The second-order valence-electron chi connectivity index (χ2n) is 6.89. The number of aryl methyl sites for hydroxylation is 2. The summed E-state index contributed by atoms with van der Waals surface area (Å²) in [6, 6.07) is 7.84. The Kier molecular flexibility index (Phi) is 4.29. The fraction of sp³-hybridized carbons (Fsp3) is 0.150. The molecule has 0 saturated heterocycles. The second-order valence-corrected chi connectivity index (χ2v) is 9.87. The van der Waals surface area contributed by atoms with Gasteiger partial charge in [-0.2, -0.15) is 0 Å². The number of rotatable bonds is 4. The maximum absolute atomic E-state index is 6.35. The molecule has 10 heteroatoms. The Balaban J connectivity index is 1.50. The van der Waals surface area contributed by atoms with Gasteiger partial charge in [0.1, 0.15) is 9.86 Å². The van der Waals surface area contributed by atoms with E-state index < -0.39 is 0 Å². The number of aromatic nitrogens is 6. The standard InChI is InChI=1S/C20H15N7S3/c21-27-17(14-7-3-9-28-14)25-26-20(27)30-19-15-12-5-1-6-13(12)29-18(15)23-16(24-19)11-4-2-8-22-10-11/h2-4,7-10H,1,5-6,21H2. The van der Waals surface area contributed by atoms with Crippen LogP contribution in [0.1, 0.15) is 16.9 Å². The number of nitrogens with zero attached hydrogens (tertiary/aromatic N) is 6. The first-order chi connectivity index (χ1) is 14.8. The Labute approximate surface area is 184 Å². The van der Waals surface area contributed by atoms with Gasteiger partial charge in [-0.15, -0.1) is 32.9 Å². The van der Waals surface area contributed by atoms with E-state index in [0.717, 1.165) is 38.5 Å². The molecule has 30 heavy (non-hydrogen) atoms. The van der Waals surface area contributed by atoms with Crippen molar-refractivity contribution in [3.63, 3.8) is 0 Å².